The Morgan fingerprint density at radius 1 is 1.65 bits per heavy atom. The number of hydrogen-bond acceptors (Lipinski definition) is 3. The van der Waals surface area contributed by atoms with Gasteiger partial charge in [-0.1, -0.05) is 32.0 Å². The first-order valence-corrected chi connectivity index (χ1v) is 7.08. The van der Waals surface area contributed by atoms with Gasteiger partial charge in [0.25, 0.3) is 0 Å². The molecule has 1 aromatic heterocycles. The van der Waals surface area contributed by atoms with E-state index in [1.165, 1.54) is 6.08 Å². The topological polar surface area (TPSA) is 42.4 Å². The van der Waals surface area contributed by atoms with E-state index in [1.807, 2.05) is 11.0 Å². The van der Waals surface area contributed by atoms with Crippen LogP contribution in [0.3, 0.4) is 0 Å². The smallest absolute Gasteiger partial charge is 0.246 e. The maximum atomic E-state index is 12.0. The van der Waals surface area contributed by atoms with Gasteiger partial charge in [-0.2, -0.15) is 0 Å². The molecule has 0 spiro atoms. The molecule has 108 valence electrons. The Labute approximate surface area is 124 Å². The maximum absolute atomic E-state index is 12.0. The monoisotopic (exact) mass is 294 g/mol. The van der Waals surface area contributed by atoms with Crippen LogP contribution in [0, 0.1) is 5.92 Å². The Bertz CT molecular complexity index is 504. The molecule has 1 saturated heterocycles. The molecule has 0 radical (unpaired) electrons. The number of pyridine rings is 1. The van der Waals surface area contributed by atoms with E-state index in [0.29, 0.717) is 18.3 Å². The minimum Gasteiger partial charge on any atom is -0.370 e. The van der Waals surface area contributed by atoms with Crippen LogP contribution >= 0.6 is 11.6 Å². The molecule has 1 fully saturated rings. The molecule has 0 aliphatic carbocycles. The zero-order chi connectivity index (χ0) is 14.7. The highest BCUT2D eigenvalue weighted by Crippen LogP contribution is 2.33. The van der Waals surface area contributed by atoms with Crippen LogP contribution in [0.25, 0.3) is 0 Å². The van der Waals surface area contributed by atoms with E-state index in [1.54, 1.807) is 12.3 Å². The normalized spacial score (nSPS) is 22.9. The number of carbonyl (C=O) groups is 1. The van der Waals surface area contributed by atoms with Gasteiger partial charge in [0, 0.05) is 12.7 Å². The summed E-state index contributed by atoms with van der Waals surface area (Å²) < 4.78 is 5.90. The molecule has 5 heteroatoms. The summed E-state index contributed by atoms with van der Waals surface area (Å²) >= 11 is 5.95. The van der Waals surface area contributed by atoms with E-state index < -0.39 is 0 Å². The average molecular weight is 295 g/mol. The van der Waals surface area contributed by atoms with Crippen LogP contribution in [0.4, 0.5) is 0 Å². The molecule has 0 unspecified atom stereocenters. The number of aromatic nitrogens is 1. The highest BCUT2D eigenvalue weighted by molar-refractivity contribution is 6.29. The summed E-state index contributed by atoms with van der Waals surface area (Å²) in [4.78, 5) is 17.9. The summed E-state index contributed by atoms with van der Waals surface area (Å²) in [6.07, 6.45) is 2.83. The number of hydrogen-bond donors (Lipinski definition) is 0. The van der Waals surface area contributed by atoms with Crippen molar-refractivity contribution in [2.24, 2.45) is 5.92 Å². The van der Waals surface area contributed by atoms with Crippen molar-refractivity contribution in [3.05, 3.63) is 41.7 Å². The van der Waals surface area contributed by atoms with Crippen molar-refractivity contribution >= 4 is 17.5 Å². The molecule has 2 atom stereocenters. The SMILES string of the molecule is C=CC(=O)N1CCO[C@H](c2ccnc(Cl)c2)[C@H]1C(C)C. The molecule has 2 heterocycles. The van der Waals surface area contributed by atoms with Crippen LogP contribution in [-0.4, -0.2) is 35.0 Å². The van der Waals surface area contributed by atoms with E-state index in [4.69, 9.17) is 16.3 Å². The third kappa shape index (κ3) is 3.02. The lowest BCUT2D eigenvalue weighted by Crippen LogP contribution is -2.52. The number of ether oxygens (including phenoxy) is 1. The van der Waals surface area contributed by atoms with E-state index in [0.717, 1.165) is 5.56 Å². The first kappa shape index (κ1) is 15.0. The lowest BCUT2D eigenvalue weighted by Gasteiger charge is -2.43. The Hall–Kier alpha value is -1.39. The zero-order valence-electron chi connectivity index (χ0n) is 11.8. The van der Waals surface area contributed by atoms with E-state index in [9.17, 15) is 4.79 Å². The average Bonchev–Trinajstić information content (AvgIpc) is 2.45. The fourth-order valence-corrected chi connectivity index (χ4v) is 2.84. The predicted molar refractivity (Wildman–Crippen MR) is 78.5 cm³/mol. The Morgan fingerprint density at radius 3 is 3.00 bits per heavy atom. The molecule has 1 aliphatic rings. The van der Waals surface area contributed by atoms with Crippen molar-refractivity contribution in [2.45, 2.75) is 26.0 Å². The van der Waals surface area contributed by atoms with Crippen LogP contribution in [0.5, 0.6) is 0 Å². The van der Waals surface area contributed by atoms with Gasteiger partial charge >= 0.3 is 0 Å². The molecule has 2 rings (SSSR count). The molecule has 0 aromatic carbocycles. The van der Waals surface area contributed by atoms with Crippen LogP contribution in [0.1, 0.15) is 25.5 Å². The summed E-state index contributed by atoms with van der Waals surface area (Å²) in [6, 6.07) is 3.64. The molecular weight excluding hydrogens is 276 g/mol. The largest absolute Gasteiger partial charge is 0.370 e. The summed E-state index contributed by atoms with van der Waals surface area (Å²) in [7, 11) is 0. The highest BCUT2D eigenvalue weighted by atomic mass is 35.5. The molecule has 1 aromatic rings. The Balaban J connectivity index is 2.35. The van der Waals surface area contributed by atoms with Crippen molar-refractivity contribution < 1.29 is 9.53 Å². The van der Waals surface area contributed by atoms with E-state index in [-0.39, 0.29) is 24.0 Å². The van der Waals surface area contributed by atoms with Gasteiger partial charge in [0.15, 0.2) is 0 Å². The van der Waals surface area contributed by atoms with Gasteiger partial charge in [-0.3, -0.25) is 4.79 Å². The second kappa shape index (κ2) is 6.37. The summed E-state index contributed by atoms with van der Waals surface area (Å²) in [5, 5.41) is 0.431. The molecular formula is C15H19ClN2O2. The minimum atomic E-state index is -0.187. The van der Waals surface area contributed by atoms with E-state index in [2.05, 4.69) is 25.4 Å². The van der Waals surface area contributed by atoms with Crippen LogP contribution in [0.2, 0.25) is 5.15 Å². The molecule has 0 bridgehead atoms. The highest BCUT2D eigenvalue weighted by Gasteiger charge is 2.37. The molecule has 1 aliphatic heterocycles. The van der Waals surface area contributed by atoms with Gasteiger partial charge in [-0.05, 0) is 29.7 Å². The quantitative estimate of drug-likeness (QED) is 0.636. The van der Waals surface area contributed by atoms with Gasteiger partial charge in [0.2, 0.25) is 5.91 Å². The van der Waals surface area contributed by atoms with Crippen LogP contribution in [0.15, 0.2) is 31.0 Å². The molecule has 20 heavy (non-hydrogen) atoms. The van der Waals surface area contributed by atoms with Crippen molar-refractivity contribution in [1.82, 2.24) is 9.88 Å². The van der Waals surface area contributed by atoms with Gasteiger partial charge in [-0.25, -0.2) is 4.98 Å². The number of halogens is 1. The van der Waals surface area contributed by atoms with Gasteiger partial charge in [0.1, 0.15) is 11.3 Å². The number of amides is 1. The first-order chi connectivity index (χ1) is 9.54. The van der Waals surface area contributed by atoms with Crippen molar-refractivity contribution in [1.29, 1.82) is 0 Å². The minimum absolute atomic E-state index is 0.0345. The number of morpholine rings is 1. The van der Waals surface area contributed by atoms with Crippen molar-refractivity contribution in [2.75, 3.05) is 13.2 Å². The third-order valence-electron chi connectivity index (χ3n) is 3.52. The first-order valence-electron chi connectivity index (χ1n) is 6.70. The van der Waals surface area contributed by atoms with Crippen LogP contribution < -0.4 is 0 Å². The van der Waals surface area contributed by atoms with Gasteiger partial charge in [0.05, 0.1) is 12.6 Å². The molecule has 0 N–H and O–H groups in total. The molecule has 0 saturated carbocycles. The van der Waals surface area contributed by atoms with Gasteiger partial charge < -0.3 is 9.64 Å². The second-order valence-electron chi connectivity index (χ2n) is 5.17. The molecule has 1 amide bonds. The zero-order valence-corrected chi connectivity index (χ0v) is 12.5. The van der Waals surface area contributed by atoms with Crippen molar-refractivity contribution in [3.63, 3.8) is 0 Å². The third-order valence-corrected chi connectivity index (χ3v) is 3.73. The summed E-state index contributed by atoms with van der Waals surface area (Å²) in [5.74, 6) is 0.202. The number of carbonyl (C=O) groups excluding carboxylic acids is 1. The lowest BCUT2D eigenvalue weighted by atomic mass is 9.91. The van der Waals surface area contributed by atoms with Gasteiger partial charge in [-0.15, -0.1) is 0 Å². The molecule has 4 nitrogen and oxygen atoms in total. The maximum Gasteiger partial charge on any atom is 0.246 e. The second-order valence-corrected chi connectivity index (χ2v) is 5.56. The fraction of sp³-hybridized carbons (Fsp3) is 0.467. The standard InChI is InChI=1S/C15H19ClN2O2/c1-4-13(19)18-7-8-20-15(14(18)10(2)3)11-5-6-17-12(16)9-11/h4-6,9-10,14-15H,1,7-8H2,2-3H3/t14-,15-/m1/s1. The Kier molecular flexibility index (Phi) is 4.78. The summed E-state index contributed by atoms with van der Waals surface area (Å²) in [5.41, 5.74) is 0.949. The Morgan fingerprint density at radius 2 is 2.40 bits per heavy atom. The fourth-order valence-electron chi connectivity index (χ4n) is 2.66. The predicted octanol–water partition coefficient (Wildman–Crippen LogP) is 2.85. The van der Waals surface area contributed by atoms with E-state index >= 15 is 0 Å². The summed E-state index contributed by atoms with van der Waals surface area (Å²) in [6.45, 7) is 8.84. The van der Waals surface area contributed by atoms with Crippen molar-refractivity contribution in [3.8, 4) is 0 Å². The lowest BCUT2D eigenvalue weighted by molar-refractivity contribution is -0.145. The van der Waals surface area contributed by atoms with Crippen LogP contribution in [-0.2, 0) is 9.53 Å². The number of nitrogens with zero attached hydrogens (tertiary/aromatic N) is 2. The number of rotatable bonds is 3.